The largest absolute Gasteiger partial charge is 0.573 e. The number of halogens is 4. The highest BCUT2D eigenvalue weighted by Crippen LogP contribution is 2.25. The summed E-state index contributed by atoms with van der Waals surface area (Å²) in [5, 5.41) is 8.51. The molecule has 0 amide bonds. The van der Waals surface area contributed by atoms with Crippen molar-refractivity contribution in [2.75, 3.05) is 0 Å². The van der Waals surface area contributed by atoms with Crippen molar-refractivity contribution in [3.8, 4) is 5.75 Å². The second-order valence-electron chi connectivity index (χ2n) is 2.36. The molecule has 0 saturated carbocycles. The van der Waals surface area contributed by atoms with Crippen LogP contribution in [0, 0.1) is 0 Å². The molecule has 1 heterocycles. The standard InChI is InChI=1S/C7H3BrF3NO3/c8-5-2-3(15-7(9,10)11)1-4(12-5)6(13)14/h1-2H,(H,13,14). The molecule has 0 saturated heterocycles. The number of ether oxygens (including phenoxy) is 1. The molecule has 0 aliphatic rings. The molecule has 82 valence electrons. The zero-order chi connectivity index (χ0) is 11.6. The number of carboxylic acid groups (broad SMARTS) is 1. The number of aromatic carboxylic acids is 1. The van der Waals surface area contributed by atoms with Gasteiger partial charge in [-0.15, -0.1) is 13.2 Å². The number of alkyl halides is 3. The summed E-state index contributed by atoms with van der Waals surface area (Å²) in [5.74, 6) is -2.08. The average molecular weight is 286 g/mol. The predicted octanol–water partition coefficient (Wildman–Crippen LogP) is 2.44. The topological polar surface area (TPSA) is 59.4 Å². The highest BCUT2D eigenvalue weighted by Gasteiger charge is 2.31. The molecule has 0 aromatic carbocycles. The van der Waals surface area contributed by atoms with E-state index in [0.29, 0.717) is 6.07 Å². The summed E-state index contributed by atoms with van der Waals surface area (Å²) >= 11 is 2.77. The molecule has 1 aromatic heterocycles. The molecule has 0 unspecified atom stereocenters. The maximum atomic E-state index is 11.8. The third-order valence-corrected chi connectivity index (χ3v) is 1.63. The Hall–Kier alpha value is -1.31. The van der Waals surface area contributed by atoms with Gasteiger partial charge < -0.3 is 9.84 Å². The third-order valence-electron chi connectivity index (χ3n) is 1.22. The van der Waals surface area contributed by atoms with E-state index in [1.165, 1.54) is 0 Å². The number of carbonyl (C=O) groups is 1. The van der Waals surface area contributed by atoms with Crippen molar-refractivity contribution in [2.24, 2.45) is 0 Å². The van der Waals surface area contributed by atoms with Crippen molar-refractivity contribution in [3.63, 3.8) is 0 Å². The van der Waals surface area contributed by atoms with Gasteiger partial charge >= 0.3 is 12.3 Å². The van der Waals surface area contributed by atoms with Crippen LogP contribution in [-0.4, -0.2) is 22.4 Å². The molecule has 15 heavy (non-hydrogen) atoms. The quantitative estimate of drug-likeness (QED) is 0.848. The van der Waals surface area contributed by atoms with Crippen LogP contribution in [0.25, 0.3) is 0 Å². The van der Waals surface area contributed by atoms with Crippen molar-refractivity contribution in [1.29, 1.82) is 0 Å². The Morgan fingerprint density at radius 1 is 1.47 bits per heavy atom. The van der Waals surface area contributed by atoms with Crippen LogP contribution in [0.5, 0.6) is 5.75 Å². The first-order valence-corrected chi connectivity index (χ1v) is 4.24. The zero-order valence-corrected chi connectivity index (χ0v) is 8.46. The predicted molar refractivity (Wildman–Crippen MR) is 45.6 cm³/mol. The van der Waals surface area contributed by atoms with Crippen molar-refractivity contribution in [2.45, 2.75) is 6.36 Å². The van der Waals surface area contributed by atoms with Crippen LogP contribution in [0.1, 0.15) is 10.5 Å². The Morgan fingerprint density at radius 2 is 2.07 bits per heavy atom. The first-order valence-electron chi connectivity index (χ1n) is 3.44. The van der Waals surface area contributed by atoms with Gasteiger partial charge in [0.15, 0.2) is 5.69 Å². The number of carboxylic acids is 1. The fraction of sp³-hybridized carbons (Fsp3) is 0.143. The Kier molecular flexibility index (Phi) is 3.18. The van der Waals surface area contributed by atoms with Crippen LogP contribution >= 0.6 is 15.9 Å². The van der Waals surface area contributed by atoms with E-state index >= 15 is 0 Å². The molecule has 0 aliphatic carbocycles. The van der Waals surface area contributed by atoms with E-state index in [9.17, 15) is 18.0 Å². The molecule has 1 N–H and O–H groups in total. The minimum absolute atomic E-state index is 0.0540. The van der Waals surface area contributed by atoms with Gasteiger partial charge in [-0.2, -0.15) is 0 Å². The van der Waals surface area contributed by atoms with Crippen LogP contribution in [0.4, 0.5) is 13.2 Å². The van der Waals surface area contributed by atoms with Gasteiger partial charge in [0.2, 0.25) is 0 Å². The summed E-state index contributed by atoms with van der Waals surface area (Å²) < 4.78 is 38.9. The summed E-state index contributed by atoms with van der Waals surface area (Å²) in [7, 11) is 0. The molecular weight excluding hydrogens is 283 g/mol. The molecule has 0 atom stereocenters. The minimum atomic E-state index is -4.86. The number of hydrogen-bond donors (Lipinski definition) is 1. The highest BCUT2D eigenvalue weighted by molar-refractivity contribution is 9.10. The molecule has 0 aliphatic heterocycles. The lowest BCUT2D eigenvalue weighted by Crippen LogP contribution is -2.17. The van der Waals surface area contributed by atoms with E-state index in [2.05, 4.69) is 25.7 Å². The van der Waals surface area contributed by atoms with Gasteiger partial charge in [0.05, 0.1) is 0 Å². The van der Waals surface area contributed by atoms with Gasteiger partial charge in [-0.25, -0.2) is 9.78 Å². The van der Waals surface area contributed by atoms with Crippen molar-refractivity contribution >= 4 is 21.9 Å². The van der Waals surface area contributed by atoms with Crippen molar-refractivity contribution in [1.82, 2.24) is 4.98 Å². The average Bonchev–Trinajstić information content (AvgIpc) is 1.99. The fourth-order valence-corrected chi connectivity index (χ4v) is 1.19. The van der Waals surface area contributed by atoms with E-state index in [1.807, 2.05) is 0 Å². The molecule has 8 heteroatoms. The molecule has 1 rings (SSSR count). The second kappa shape index (κ2) is 4.05. The van der Waals surface area contributed by atoms with Crippen LogP contribution in [0.15, 0.2) is 16.7 Å². The zero-order valence-electron chi connectivity index (χ0n) is 6.88. The summed E-state index contributed by atoms with van der Waals surface area (Å²) in [6.45, 7) is 0. The van der Waals surface area contributed by atoms with E-state index < -0.39 is 23.8 Å². The molecule has 0 spiro atoms. The van der Waals surface area contributed by atoms with E-state index in [0.717, 1.165) is 6.07 Å². The first-order chi connectivity index (χ1) is 6.78. The van der Waals surface area contributed by atoms with Gasteiger partial charge in [0.1, 0.15) is 10.4 Å². The van der Waals surface area contributed by atoms with Crippen LogP contribution in [0.3, 0.4) is 0 Å². The lowest BCUT2D eigenvalue weighted by molar-refractivity contribution is -0.274. The van der Waals surface area contributed by atoms with Crippen molar-refractivity contribution in [3.05, 3.63) is 22.4 Å². The maximum absolute atomic E-state index is 11.8. The first kappa shape index (κ1) is 11.8. The summed E-state index contributed by atoms with van der Waals surface area (Å²) in [5.41, 5.74) is -0.538. The maximum Gasteiger partial charge on any atom is 0.573 e. The van der Waals surface area contributed by atoms with E-state index in [4.69, 9.17) is 5.11 Å². The number of hydrogen-bond acceptors (Lipinski definition) is 3. The smallest absolute Gasteiger partial charge is 0.477 e. The van der Waals surface area contributed by atoms with Gasteiger partial charge in [-0.3, -0.25) is 0 Å². The van der Waals surface area contributed by atoms with Gasteiger partial charge in [0.25, 0.3) is 0 Å². The lowest BCUT2D eigenvalue weighted by atomic mass is 10.3. The van der Waals surface area contributed by atoms with Gasteiger partial charge in [-0.05, 0) is 15.9 Å². The normalized spacial score (nSPS) is 11.2. The van der Waals surface area contributed by atoms with Crippen LogP contribution < -0.4 is 4.74 Å². The number of pyridine rings is 1. The van der Waals surface area contributed by atoms with E-state index in [-0.39, 0.29) is 4.60 Å². The Morgan fingerprint density at radius 3 is 2.53 bits per heavy atom. The summed E-state index contributed by atoms with van der Waals surface area (Å²) in [6, 6.07) is 1.60. The van der Waals surface area contributed by atoms with Gasteiger partial charge in [0, 0.05) is 12.1 Å². The highest BCUT2D eigenvalue weighted by atomic mass is 79.9. The van der Waals surface area contributed by atoms with Crippen molar-refractivity contribution < 1.29 is 27.8 Å². The molecule has 0 radical (unpaired) electrons. The number of rotatable bonds is 2. The second-order valence-corrected chi connectivity index (χ2v) is 3.18. The monoisotopic (exact) mass is 285 g/mol. The Balaban J connectivity index is 3.04. The fourth-order valence-electron chi connectivity index (χ4n) is 0.776. The summed E-state index contributed by atoms with van der Waals surface area (Å²) in [4.78, 5) is 13.9. The molecule has 1 aromatic rings. The van der Waals surface area contributed by atoms with Crippen LogP contribution in [0.2, 0.25) is 0 Å². The molecule has 0 fully saturated rings. The molecule has 0 bridgehead atoms. The number of aromatic nitrogens is 1. The lowest BCUT2D eigenvalue weighted by Gasteiger charge is -2.09. The molecule has 4 nitrogen and oxygen atoms in total. The van der Waals surface area contributed by atoms with E-state index in [1.54, 1.807) is 0 Å². The Bertz CT molecular complexity index is 394. The van der Waals surface area contributed by atoms with Crippen LogP contribution in [-0.2, 0) is 0 Å². The Labute approximate surface area is 89.8 Å². The molecular formula is C7H3BrF3NO3. The minimum Gasteiger partial charge on any atom is -0.477 e. The van der Waals surface area contributed by atoms with Gasteiger partial charge in [-0.1, -0.05) is 0 Å². The number of nitrogens with zero attached hydrogens (tertiary/aromatic N) is 1. The third kappa shape index (κ3) is 3.74. The summed E-state index contributed by atoms with van der Waals surface area (Å²) in [6.07, 6.45) is -4.86. The SMILES string of the molecule is O=C(O)c1cc(OC(F)(F)F)cc(Br)n1.